The van der Waals surface area contributed by atoms with Crippen LogP contribution in [0.15, 0.2) is 0 Å². The molecule has 0 bridgehead atoms. The molecule has 2 heterocycles. The first-order chi connectivity index (χ1) is 7.02. The van der Waals surface area contributed by atoms with Gasteiger partial charge >= 0.3 is 0 Å². The summed E-state index contributed by atoms with van der Waals surface area (Å²) >= 11 is 0. The monoisotopic (exact) mass is 206 g/mol. The van der Waals surface area contributed by atoms with Crippen molar-refractivity contribution in [3.05, 3.63) is 17.1 Å². The number of fused-ring (bicyclic) bond motifs is 1. The molecule has 4 nitrogen and oxygen atoms in total. The van der Waals surface area contributed by atoms with Gasteiger partial charge in [-0.15, -0.1) is 0 Å². The highest BCUT2D eigenvalue weighted by Gasteiger charge is 2.23. The Morgan fingerprint density at radius 1 is 1.20 bits per heavy atom. The number of anilines is 1. The van der Waals surface area contributed by atoms with Gasteiger partial charge in [-0.3, -0.25) is 0 Å². The Morgan fingerprint density at radius 3 is 2.53 bits per heavy atom. The van der Waals surface area contributed by atoms with E-state index in [1.54, 1.807) is 0 Å². The van der Waals surface area contributed by atoms with Crippen molar-refractivity contribution < 1.29 is 0 Å². The third-order valence-corrected chi connectivity index (χ3v) is 2.59. The van der Waals surface area contributed by atoms with Crippen LogP contribution in [0.3, 0.4) is 0 Å². The Morgan fingerprint density at radius 2 is 1.93 bits per heavy atom. The van der Waals surface area contributed by atoms with Crippen LogP contribution >= 0.6 is 0 Å². The third kappa shape index (κ3) is 1.81. The van der Waals surface area contributed by atoms with Crippen molar-refractivity contribution in [2.45, 2.75) is 39.3 Å². The van der Waals surface area contributed by atoms with E-state index >= 15 is 0 Å². The lowest BCUT2D eigenvalue weighted by atomic mass is 9.95. The van der Waals surface area contributed by atoms with E-state index in [2.05, 4.69) is 41.4 Å². The molecule has 1 aromatic rings. The van der Waals surface area contributed by atoms with Gasteiger partial charge in [-0.2, -0.15) is 0 Å². The van der Waals surface area contributed by atoms with E-state index < -0.39 is 0 Å². The molecule has 0 saturated carbocycles. The minimum atomic E-state index is 0.00319. The predicted molar refractivity (Wildman–Crippen MR) is 60.8 cm³/mol. The summed E-state index contributed by atoms with van der Waals surface area (Å²) in [5.41, 5.74) is 2.35. The van der Waals surface area contributed by atoms with Crippen molar-refractivity contribution >= 4 is 5.82 Å². The zero-order valence-electron chi connectivity index (χ0n) is 9.81. The maximum atomic E-state index is 4.62. The summed E-state index contributed by atoms with van der Waals surface area (Å²) in [7, 11) is 1.91. The molecule has 0 spiro atoms. The van der Waals surface area contributed by atoms with Crippen LogP contribution in [-0.2, 0) is 18.5 Å². The maximum Gasteiger partial charge on any atom is 0.136 e. The van der Waals surface area contributed by atoms with Crippen LogP contribution in [0.25, 0.3) is 0 Å². The molecule has 0 radical (unpaired) electrons. The Kier molecular flexibility index (Phi) is 2.38. The minimum Gasteiger partial charge on any atom is -0.373 e. The first-order valence-corrected chi connectivity index (χ1v) is 5.31. The second kappa shape index (κ2) is 3.45. The van der Waals surface area contributed by atoms with E-state index in [1.165, 1.54) is 5.56 Å². The first-order valence-electron chi connectivity index (χ1n) is 5.31. The molecule has 0 aliphatic carbocycles. The zero-order chi connectivity index (χ0) is 11.1. The molecule has 0 unspecified atom stereocenters. The van der Waals surface area contributed by atoms with Crippen molar-refractivity contribution in [1.29, 1.82) is 0 Å². The van der Waals surface area contributed by atoms with E-state index in [9.17, 15) is 0 Å². The number of aromatic nitrogens is 2. The van der Waals surface area contributed by atoms with Gasteiger partial charge < -0.3 is 10.6 Å². The van der Waals surface area contributed by atoms with Crippen LogP contribution in [0.2, 0.25) is 0 Å². The molecule has 82 valence electrons. The normalized spacial score (nSPS) is 15.2. The molecule has 0 atom stereocenters. The Bertz CT molecular complexity index is 379. The first kappa shape index (κ1) is 10.4. The van der Waals surface area contributed by atoms with Gasteiger partial charge in [-0.1, -0.05) is 20.8 Å². The number of nitrogens with zero attached hydrogens (tertiary/aromatic N) is 2. The smallest absolute Gasteiger partial charge is 0.136 e. The van der Waals surface area contributed by atoms with E-state index in [1.807, 2.05) is 7.05 Å². The number of rotatable bonds is 1. The summed E-state index contributed by atoms with van der Waals surface area (Å²) in [4.78, 5) is 9.19. The molecule has 2 N–H and O–H groups in total. The van der Waals surface area contributed by atoms with Crippen LogP contribution in [0.1, 0.15) is 37.9 Å². The summed E-state index contributed by atoms with van der Waals surface area (Å²) in [6.07, 6.45) is 0. The molecule has 0 aromatic carbocycles. The van der Waals surface area contributed by atoms with E-state index in [-0.39, 0.29) is 5.41 Å². The van der Waals surface area contributed by atoms with Gasteiger partial charge in [0.15, 0.2) is 0 Å². The van der Waals surface area contributed by atoms with Crippen molar-refractivity contribution in [1.82, 2.24) is 15.3 Å². The lowest BCUT2D eigenvalue weighted by molar-refractivity contribution is 0.542. The van der Waals surface area contributed by atoms with Crippen LogP contribution < -0.4 is 10.6 Å². The Labute approximate surface area is 90.5 Å². The lowest BCUT2D eigenvalue weighted by Gasteiger charge is -2.18. The molecule has 4 heteroatoms. The van der Waals surface area contributed by atoms with Gasteiger partial charge in [-0.05, 0) is 0 Å². The fourth-order valence-electron chi connectivity index (χ4n) is 1.71. The van der Waals surface area contributed by atoms with Gasteiger partial charge in [0.05, 0.1) is 5.69 Å². The molecule has 1 aliphatic rings. The average Bonchev–Trinajstić information content (AvgIpc) is 2.62. The van der Waals surface area contributed by atoms with Crippen LogP contribution in [0.5, 0.6) is 0 Å². The fraction of sp³-hybridized carbons (Fsp3) is 0.636. The molecule has 0 fully saturated rings. The highest BCUT2D eigenvalue weighted by Crippen LogP contribution is 2.26. The molecule has 1 aromatic heterocycles. The molecular formula is C11H18N4. The standard InChI is InChI=1S/C11H18N4/c1-11(2,3)10-14-8-6-13-5-7(8)9(12-4)15-10/h13H,5-6H2,1-4H3,(H,12,14,15). The van der Waals surface area contributed by atoms with Crippen LogP contribution in [0.4, 0.5) is 5.82 Å². The van der Waals surface area contributed by atoms with Crippen molar-refractivity contribution in [2.24, 2.45) is 0 Å². The lowest BCUT2D eigenvalue weighted by Crippen LogP contribution is -2.18. The van der Waals surface area contributed by atoms with Crippen LogP contribution in [-0.4, -0.2) is 17.0 Å². The molecule has 0 saturated heterocycles. The third-order valence-electron chi connectivity index (χ3n) is 2.59. The second-order valence-corrected chi connectivity index (χ2v) is 4.92. The van der Waals surface area contributed by atoms with E-state index in [0.29, 0.717) is 0 Å². The molecule has 2 rings (SSSR count). The zero-order valence-corrected chi connectivity index (χ0v) is 9.81. The molecule has 15 heavy (non-hydrogen) atoms. The summed E-state index contributed by atoms with van der Waals surface area (Å²) < 4.78 is 0. The number of hydrogen-bond acceptors (Lipinski definition) is 4. The summed E-state index contributed by atoms with van der Waals surface area (Å²) in [6, 6.07) is 0. The largest absolute Gasteiger partial charge is 0.373 e. The number of nitrogens with one attached hydrogen (secondary N) is 2. The summed E-state index contributed by atoms with van der Waals surface area (Å²) in [6.45, 7) is 8.13. The molecule has 0 amide bonds. The molecular weight excluding hydrogens is 188 g/mol. The van der Waals surface area contributed by atoms with Crippen LogP contribution in [0, 0.1) is 0 Å². The number of hydrogen-bond donors (Lipinski definition) is 2. The van der Waals surface area contributed by atoms with E-state index in [0.717, 1.165) is 30.4 Å². The topological polar surface area (TPSA) is 49.8 Å². The SMILES string of the molecule is CNc1nc(C(C)(C)C)nc2c1CNC2. The quantitative estimate of drug-likeness (QED) is 0.729. The van der Waals surface area contributed by atoms with Gasteiger partial charge in [0.2, 0.25) is 0 Å². The van der Waals surface area contributed by atoms with E-state index in [4.69, 9.17) is 0 Å². The Hall–Kier alpha value is -1.16. The van der Waals surface area contributed by atoms with Crippen molar-refractivity contribution in [3.63, 3.8) is 0 Å². The van der Waals surface area contributed by atoms with Crippen molar-refractivity contribution in [3.8, 4) is 0 Å². The Balaban J connectivity index is 2.53. The highest BCUT2D eigenvalue weighted by atomic mass is 15.1. The van der Waals surface area contributed by atoms with Crippen molar-refractivity contribution in [2.75, 3.05) is 12.4 Å². The summed E-state index contributed by atoms with van der Waals surface area (Å²) in [5.74, 6) is 1.88. The maximum absolute atomic E-state index is 4.62. The summed E-state index contributed by atoms with van der Waals surface area (Å²) in [5, 5.41) is 6.45. The second-order valence-electron chi connectivity index (χ2n) is 4.92. The van der Waals surface area contributed by atoms with Gasteiger partial charge in [-0.25, -0.2) is 9.97 Å². The van der Waals surface area contributed by atoms with Gasteiger partial charge in [0.1, 0.15) is 11.6 Å². The highest BCUT2D eigenvalue weighted by molar-refractivity contribution is 5.48. The molecule has 1 aliphatic heterocycles. The van der Waals surface area contributed by atoms with Gasteiger partial charge in [0.25, 0.3) is 0 Å². The minimum absolute atomic E-state index is 0.00319. The van der Waals surface area contributed by atoms with Gasteiger partial charge in [0, 0.05) is 31.1 Å². The predicted octanol–water partition coefficient (Wildman–Crippen LogP) is 1.42. The fourth-order valence-corrected chi connectivity index (χ4v) is 1.71. The average molecular weight is 206 g/mol.